The molecule has 0 aliphatic carbocycles. The summed E-state index contributed by atoms with van der Waals surface area (Å²) in [6.45, 7) is -0.856. The molecule has 110 valence electrons. The molecule has 2 aromatic rings. The molecule has 0 aliphatic rings. The van der Waals surface area contributed by atoms with Crippen LogP contribution in [0.1, 0.15) is 10.5 Å². The smallest absolute Gasteiger partial charge is 0.278 e. The first-order valence-electron chi connectivity index (χ1n) is 5.80. The lowest BCUT2D eigenvalue weighted by Crippen LogP contribution is -2.35. The van der Waals surface area contributed by atoms with Crippen LogP contribution in [0.2, 0.25) is 5.02 Å². The van der Waals surface area contributed by atoms with E-state index in [2.05, 4.69) is 9.97 Å². The van der Waals surface area contributed by atoms with Gasteiger partial charge in [0.2, 0.25) is 0 Å². The Labute approximate surface area is 123 Å². The van der Waals surface area contributed by atoms with E-state index in [0.29, 0.717) is 0 Å². The van der Waals surface area contributed by atoms with Crippen LogP contribution in [0.3, 0.4) is 0 Å². The molecule has 8 heteroatoms. The molecule has 1 aromatic heterocycles. The topological polar surface area (TPSA) is 46.1 Å². The number of carbonyl (C=O) groups is 1. The maximum atomic E-state index is 12.9. The van der Waals surface area contributed by atoms with E-state index < -0.39 is 24.7 Å². The number of nitrogens with zero attached hydrogens (tertiary/aromatic N) is 3. The third kappa shape index (κ3) is 3.69. The van der Waals surface area contributed by atoms with Gasteiger partial charge in [-0.2, -0.15) is 0 Å². The summed E-state index contributed by atoms with van der Waals surface area (Å²) in [6.07, 6.45) is -0.489. The molecule has 0 unspecified atom stereocenters. The number of aromatic nitrogens is 2. The second-order valence-corrected chi connectivity index (χ2v) is 4.41. The summed E-state index contributed by atoms with van der Waals surface area (Å²) in [5.41, 5.74) is -0.0759. The molecule has 1 aromatic carbocycles. The van der Waals surface area contributed by atoms with E-state index in [-0.39, 0.29) is 16.4 Å². The summed E-state index contributed by atoms with van der Waals surface area (Å²) in [5, 5.41) is -0.0520. The molecular weight excluding hydrogens is 307 g/mol. The fourth-order valence-electron chi connectivity index (χ4n) is 1.66. The number of alkyl halides is 2. The Hall–Kier alpha value is -2.15. The number of halogens is 4. The first-order valence-corrected chi connectivity index (χ1v) is 6.18. The third-order valence-corrected chi connectivity index (χ3v) is 2.85. The summed E-state index contributed by atoms with van der Waals surface area (Å²) in [7, 11) is 0. The normalized spacial score (nSPS) is 10.7. The fraction of sp³-hybridized carbons (Fsp3) is 0.154. The molecule has 0 N–H and O–H groups in total. The van der Waals surface area contributed by atoms with Crippen LogP contribution in [0.25, 0.3) is 0 Å². The second-order valence-electron chi connectivity index (χ2n) is 4.00. The van der Waals surface area contributed by atoms with E-state index in [1.807, 2.05) is 0 Å². The number of benzene rings is 1. The van der Waals surface area contributed by atoms with E-state index in [1.54, 1.807) is 0 Å². The summed E-state index contributed by atoms with van der Waals surface area (Å²) >= 11 is 5.79. The van der Waals surface area contributed by atoms with Gasteiger partial charge in [0.05, 0.1) is 11.6 Å². The molecule has 4 nitrogen and oxygen atoms in total. The van der Waals surface area contributed by atoms with E-state index in [0.717, 1.165) is 23.4 Å². The molecule has 0 radical (unpaired) electrons. The number of hydrogen-bond donors (Lipinski definition) is 0. The van der Waals surface area contributed by atoms with E-state index in [1.165, 1.54) is 18.3 Å². The minimum absolute atomic E-state index is 0.0520. The molecule has 0 fully saturated rings. The van der Waals surface area contributed by atoms with Crippen LogP contribution in [-0.2, 0) is 0 Å². The maximum absolute atomic E-state index is 12.9. The van der Waals surface area contributed by atoms with Gasteiger partial charge < -0.3 is 4.90 Å². The highest BCUT2D eigenvalue weighted by Crippen LogP contribution is 2.21. The first-order chi connectivity index (χ1) is 9.99. The van der Waals surface area contributed by atoms with Gasteiger partial charge in [-0.25, -0.2) is 23.1 Å². The highest BCUT2D eigenvalue weighted by Gasteiger charge is 2.24. The predicted octanol–water partition coefficient (Wildman–Crippen LogP) is 3.18. The van der Waals surface area contributed by atoms with Crippen LogP contribution in [0, 0.1) is 5.82 Å². The maximum Gasteiger partial charge on any atom is 0.278 e. The van der Waals surface area contributed by atoms with Crippen LogP contribution >= 0.6 is 11.6 Å². The van der Waals surface area contributed by atoms with Crippen molar-refractivity contribution in [1.82, 2.24) is 9.97 Å². The van der Waals surface area contributed by atoms with Crippen molar-refractivity contribution in [3.63, 3.8) is 0 Å². The minimum Gasteiger partial charge on any atom is -0.301 e. The summed E-state index contributed by atoms with van der Waals surface area (Å²) in [6, 6.07) is 4.60. The van der Waals surface area contributed by atoms with Crippen LogP contribution in [0.15, 0.2) is 36.8 Å². The van der Waals surface area contributed by atoms with Crippen molar-refractivity contribution in [2.75, 3.05) is 11.4 Å². The largest absolute Gasteiger partial charge is 0.301 e. The Morgan fingerprint density at radius 2 is 1.95 bits per heavy atom. The lowest BCUT2D eigenvalue weighted by atomic mass is 10.2. The van der Waals surface area contributed by atoms with Crippen LogP contribution in [-0.4, -0.2) is 28.8 Å². The van der Waals surface area contributed by atoms with Gasteiger partial charge in [0.15, 0.2) is 5.69 Å². The van der Waals surface area contributed by atoms with Gasteiger partial charge in [0.25, 0.3) is 12.3 Å². The number of rotatable bonds is 4. The zero-order valence-corrected chi connectivity index (χ0v) is 11.3. The second kappa shape index (κ2) is 6.53. The van der Waals surface area contributed by atoms with Gasteiger partial charge in [-0.05, 0) is 24.3 Å². The van der Waals surface area contributed by atoms with E-state index >= 15 is 0 Å². The van der Waals surface area contributed by atoms with Gasteiger partial charge in [0, 0.05) is 11.9 Å². The van der Waals surface area contributed by atoms with Gasteiger partial charge in [-0.3, -0.25) is 4.79 Å². The quantitative estimate of drug-likeness (QED) is 0.870. The Morgan fingerprint density at radius 1 is 1.29 bits per heavy atom. The molecule has 1 heterocycles. The molecular formula is C13H9ClF3N3O. The zero-order valence-electron chi connectivity index (χ0n) is 10.5. The highest BCUT2D eigenvalue weighted by atomic mass is 35.5. The third-order valence-electron chi connectivity index (χ3n) is 2.57. The van der Waals surface area contributed by atoms with Crippen molar-refractivity contribution < 1.29 is 18.0 Å². The van der Waals surface area contributed by atoms with Gasteiger partial charge >= 0.3 is 0 Å². The van der Waals surface area contributed by atoms with Gasteiger partial charge in [0.1, 0.15) is 12.1 Å². The molecule has 0 aliphatic heterocycles. The average molecular weight is 316 g/mol. The summed E-state index contributed by atoms with van der Waals surface area (Å²) < 4.78 is 38.3. The SMILES string of the molecule is O=C(c1ncncc1Cl)N(CC(F)F)c1ccc(F)cc1. The minimum atomic E-state index is -2.76. The van der Waals surface area contributed by atoms with Crippen molar-refractivity contribution in [2.24, 2.45) is 0 Å². The Morgan fingerprint density at radius 3 is 2.52 bits per heavy atom. The summed E-state index contributed by atoms with van der Waals surface area (Å²) in [4.78, 5) is 20.4. The Balaban J connectivity index is 2.38. The molecule has 2 rings (SSSR count). The molecule has 0 spiro atoms. The lowest BCUT2D eigenvalue weighted by Gasteiger charge is -2.22. The summed E-state index contributed by atoms with van der Waals surface area (Å²) in [5.74, 6) is -1.35. The van der Waals surface area contributed by atoms with Crippen LogP contribution in [0.5, 0.6) is 0 Å². The Bertz CT molecular complexity index is 637. The average Bonchev–Trinajstić information content (AvgIpc) is 2.45. The van der Waals surface area contributed by atoms with Gasteiger partial charge in [-0.1, -0.05) is 11.6 Å². The number of amides is 1. The lowest BCUT2D eigenvalue weighted by molar-refractivity contribution is 0.0941. The molecule has 0 bridgehead atoms. The van der Waals surface area contributed by atoms with E-state index in [4.69, 9.17) is 11.6 Å². The predicted molar refractivity (Wildman–Crippen MR) is 71.1 cm³/mol. The molecule has 0 atom stereocenters. The highest BCUT2D eigenvalue weighted by molar-refractivity contribution is 6.34. The molecule has 21 heavy (non-hydrogen) atoms. The van der Waals surface area contributed by atoms with Crippen molar-refractivity contribution in [2.45, 2.75) is 6.43 Å². The van der Waals surface area contributed by atoms with Crippen LogP contribution < -0.4 is 4.90 Å². The fourth-order valence-corrected chi connectivity index (χ4v) is 1.85. The first kappa shape index (κ1) is 15.2. The number of hydrogen-bond acceptors (Lipinski definition) is 3. The van der Waals surface area contributed by atoms with E-state index in [9.17, 15) is 18.0 Å². The number of anilines is 1. The zero-order chi connectivity index (χ0) is 15.4. The van der Waals surface area contributed by atoms with Crippen molar-refractivity contribution >= 4 is 23.2 Å². The van der Waals surface area contributed by atoms with Crippen molar-refractivity contribution in [1.29, 1.82) is 0 Å². The Kier molecular flexibility index (Phi) is 4.74. The van der Waals surface area contributed by atoms with Crippen molar-refractivity contribution in [3.05, 3.63) is 53.3 Å². The molecule has 0 saturated heterocycles. The monoisotopic (exact) mass is 315 g/mol. The number of carbonyl (C=O) groups excluding carboxylic acids is 1. The molecule has 0 saturated carbocycles. The van der Waals surface area contributed by atoms with Crippen LogP contribution in [0.4, 0.5) is 18.9 Å². The van der Waals surface area contributed by atoms with Gasteiger partial charge in [-0.15, -0.1) is 0 Å². The molecule has 1 amide bonds. The standard InChI is InChI=1S/C13H9ClF3N3O/c14-10-5-18-7-19-12(10)13(21)20(6-11(16)17)9-3-1-8(15)2-4-9/h1-5,7,11H,6H2. The van der Waals surface area contributed by atoms with Crippen molar-refractivity contribution in [3.8, 4) is 0 Å².